The number of likely N-dealkylation sites (tertiary alicyclic amines) is 2. The average Bonchev–Trinajstić information content (AvgIpc) is 3.30. The van der Waals surface area contributed by atoms with Crippen LogP contribution in [0, 0.1) is 5.92 Å². The summed E-state index contributed by atoms with van der Waals surface area (Å²) in [5.41, 5.74) is 0.849. The van der Waals surface area contributed by atoms with Gasteiger partial charge in [0.2, 0.25) is 23.5 Å². The third-order valence-corrected chi connectivity index (χ3v) is 6.47. The molecule has 0 unspecified atom stereocenters. The maximum absolute atomic E-state index is 13.2. The Kier molecular flexibility index (Phi) is 6.90. The fourth-order valence-electron chi connectivity index (χ4n) is 4.53. The third kappa shape index (κ3) is 5.09. The van der Waals surface area contributed by atoms with Crippen LogP contribution in [0.3, 0.4) is 0 Å². The molecule has 8 heteroatoms. The molecule has 7 nitrogen and oxygen atoms in total. The average molecular weight is 445 g/mol. The molecule has 0 spiro atoms. The van der Waals surface area contributed by atoms with Crippen LogP contribution in [0.15, 0.2) is 28.8 Å². The van der Waals surface area contributed by atoms with E-state index >= 15 is 0 Å². The quantitative estimate of drug-likeness (QED) is 0.692. The Morgan fingerprint density at radius 2 is 1.84 bits per heavy atom. The van der Waals surface area contributed by atoms with Crippen LogP contribution >= 0.6 is 11.6 Å². The first-order valence-electron chi connectivity index (χ1n) is 11.2. The maximum Gasteiger partial charge on any atom is 0.231 e. The lowest BCUT2D eigenvalue weighted by Crippen LogP contribution is -2.48. The molecule has 1 aromatic heterocycles. The first-order valence-corrected chi connectivity index (χ1v) is 11.6. The van der Waals surface area contributed by atoms with Crippen molar-refractivity contribution < 1.29 is 14.1 Å². The van der Waals surface area contributed by atoms with E-state index in [1.54, 1.807) is 12.1 Å². The number of halogens is 1. The predicted octanol–water partition coefficient (Wildman–Crippen LogP) is 4.13. The molecule has 2 amide bonds. The van der Waals surface area contributed by atoms with Gasteiger partial charge in [-0.1, -0.05) is 23.7 Å². The fraction of sp³-hybridized carbons (Fsp3) is 0.565. The SMILES string of the molecule is CCCC(=O)N1CCC[C@H](C(=O)N2CCC[C@H](c3nc(-c4ccc(Cl)cc4)no3)C2)C1. The Morgan fingerprint density at radius 1 is 1.10 bits per heavy atom. The van der Waals surface area contributed by atoms with E-state index in [0.717, 1.165) is 50.8 Å². The van der Waals surface area contributed by atoms with Crippen LogP contribution in [0.2, 0.25) is 5.02 Å². The van der Waals surface area contributed by atoms with Gasteiger partial charge in [-0.2, -0.15) is 4.98 Å². The highest BCUT2D eigenvalue weighted by molar-refractivity contribution is 6.30. The number of rotatable bonds is 5. The van der Waals surface area contributed by atoms with E-state index in [9.17, 15) is 9.59 Å². The van der Waals surface area contributed by atoms with Crippen molar-refractivity contribution in [2.24, 2.45) is 5.92 Å². The number of carbonyl (C=O) groups is 2. The molecule has 2 atom stereocenters. The Balaban J connectivity index is 1.40. The molecule has 3 heterocycles. The topological polar surface area (TPSA) is 79.5 Å². The fourth-order valence-corrected chi connectivity index (χ4v) is 4.66. The highest BCUT2D eigenvalue weighted by atomic mass is 35.5. The van der Waals surface area contributed by atoms with Crippen molar-refractivity contribution in [1.82, 2.24) is 19.9 Å². The van der Waals surface area contributed by atoms with E-state index in [0.29, 0.717) is 36.2 Å². The second kappa shape index (κ2) is 9.81. The summed E-state index contributed by atoms with van der Waals surface area (Å²) in [4.78, 5) is 33.9. The van der Waals surface area contributed by atoms with Gasteiger partial charge in [0.1, 0.15) is 0 Å². The van der Waals surface area contributed by atoms with E-state index in [1.807, 2.05) is 28.9 Å². The van der Waals surface area contributed by atoms with E-state index in [1.165, 1.54) is 0 Å². The summed E-state index contributed by atoms with van der Waals surface area (Å²) in [5.74, 6) is 1.35. The summed E-state index contributed by atoms with van der Waals surface area (Å²) in [7, 11) is 0. The normalized spacial score (nSPS) is 21.9. The van der Waals surface area contributed by atoms with Crippen LogP contribution in [0.4, 0.5) is 0 Å². The summed E-state index contributed by atoms with van der Waals surface area (Å²) in [6.07, 6.45) is 4.94. The van der Waals surface area contributed by atoms with Crippen molar-refractivity contribution in [3.8, 4) is 11.4 Å². The zero-order valence-corrected chi connectivity index (χ0v) is 18.7. The van der Waals surface area contributed by atoms with Gasteiger partial charge in [-0.05, 0) is 56.4 Å². The number of amides is 2. The molecule has 166 valence electrons. The highest BCUT2D eigenvalue weighted by Gasteiger charge is 2.34. The molecule has 0 saturated carbocycles. The first-order chi connectivity index (χ1) is 15.0. The van der Waals surface area contributed by atoms with Gasteiger partial charge in [-0.25, -0.2) is 0 Å². The van der Waals surface area contributed by atoms with Crippen LogP contribution in [0.25, 0.3) is 11.4 Å². The van der Waals surface area contributed by atoms with Crippen molar-refractivity contribution in [2.75, 3.05) is 26.2 Å². The molecular formula is C23H29ClN4O3. The monoisotopic (exact) mass is 444 g/mol. The molecule has 2 fully saturated rings. The number of carbonyl (C=O) groups excluding carboxylic acids is 2. The summed E-state index contributed by atoms with van der Waals surface area (Å²) >= 11 is 5.95. The molecule has 0 aliphatic carbocycles. The van der Waals surface area contributed by atoms with Gasteiger partial charge in [0.25, 0.3) is 0 Å². The van der Waals surface area contributed by atoms with Crippen LogP contribution in [-0.4, -0.2) is 57.9 Å². The number of piperidine rings is 2. The standard InChI is InChI=1S/C23H29ClN4O3/c1-2-5-20(29)27-12-4-7-18(15-27)23(30)28-13-3-6-17(14-28)22-25-21(26-31-22)16-8-10-19(24)11-9-16/h8-11,17-18H,2-7,12-15H2,1H3/t17-,18-/m0/s1. The Hall–Kier alpha value is -2.41. The van der Waals surface area contributed by atoms with Crippen molar-refractivity contribution in [3.63, 3.8) is 0 Å². The molecule has 1 aromatic carbocycles. The van der Waals surface area contributed by atoms with E-state index in [4.69, 9.17) is 16.1 Å². The maximum atomic E-state index is 13.2. The molecule has 2 saturated heterocycles. The second-order valence-corrected chi connectivity index (χ2v) is 8.95. The van der Waals surface area contributed by atoms with Crippen molar-refractivity contribution in [2.45, 2.75) is 51.4 Å². The number of benzene rings is 1. The second-order valence-electron chi connectivity index (χ2n) is 8.52. The Labute approximate surface area is 187 Å². The smallest absolute Gasteiger partial charge is 0.231 e. The van der Waals surface area contributed by atoms with Crippen LogP contribution in [0.1, 0.15) is 57.3 Å². The summed E-state index contributed by atoms with van der Waals surface area (Å²) in [5, 5.41) is 4.78. The highest BCUT2D eigenvalue weighted by Crippen LogP contribution is 2.30. The zero-order valence-electron chi connectivity index (χ0n) is 17.9. The number of hydrogen-bond donors (Lipinski definition) is 0. The van der Waals surface area contributed by atoms with Gasteiger partial charge in [-0.15, -0.1) is 0 Å². The lowest BCUT2D eigenvalue weighted by molar-refractivity contribution is -0.141. The van der Waals surface area contributed by atoms with Crippen LogP contribution in [0.5, 0.6) is 0 Å². The first kappa shape index (κ1) is 21.8. The molecule has 2 aromatic rings. The van der Waals surface area contributed by atoms with Gasteiger partial charge >= 0.3 is 0 Å². The molecular weight excluding hydrogens is 416 g/mol. The van der Waals surface area contributed by atoms with E-state index in [2.05, 4.69) is 10.1 Å². The minimum Gasteiger partial charge on any atom is -0.342 e. The molecule has 2 aliphatic heterocycles. The van der Waals surface area contributed by atoms with Crippen LogP contribution in [-0.2, 0) is 9.59 Å². The number of aromatic nitrogens is 2. The summed E-state index contributed by atoms with van der Waals surface area (Å²) in [6.45, 7) is 4.64. The van der Waals surface area contributed by atoms with Gasteiger partial charge in [0, 0.05) is 43.2 Å². The molecule has 4 rings (SSSR count). The van der Waals surface area contributed by atoms with Crippen molar-refractivity contribution in [1.29, 1.82) is 0 Å². The van der Waals surface area contributed by atoms with Gasteiger partial charge in [0.05, 0.1) is 11.8 Å². The summed E-state index contributed by atoms with van der Waals surface area (Å²) < 4.78 is 5.55. The zero-order chi connectivity index (χ0) is 21.8. The number of nitrogens with zero attached hydrogens (tertiary/aromatic N) is 4. The molecule has 2 aliphatic rings. The lowest BCUT2D eigenvalue weighted by Gasteiger charge is -2.37. The summed E-state index contributed by atoms with van der Waals surface area (Å²) in [6, 6.07) is 7.32. The minimum absolute atomic E-state index is 0.0349. The Morgan fingerprint density at radius 3 is 2.61 bits per heavy atom. The largest absolute Gasteiger partial charge is 0.342 e. The lowest BCUT2D eigenvalue weighted by atomic mass is 9.92. The molecule has 0 radical (unpaired) electrons. The van der Waals surface area contributed by atoms with E-state index in [-0.39, 0.29) is 23.7 Å². The third-order valence-electron chi connectivity index (χ3n) is 6.21. The van der Waals surface area contributed by atoms with Crippen molar-refractivity contribution in [3.05, 3.63) is 35.2 Å². The van der Waals surface area contributed by atoms with Crippen molar-refractivity contribution >= 4 is 23.4 Å². The van der Waals surface area contributed by atoms with Gasteiger partial charge < -0.3 is 14.3 Å². The van der Waals surface area contributed by atoms with E-state index < -0.39 is 0 Å². The number of hydrogen-bond acceptors (Lipinski definition) is 5. The molecule has 31 heavy (non-hydrogen) atoms. The van der Waals surface area contributed by atoms with Crippen LogP contribution < -0.4 is 0 Å². The minimum atomic E-state index is -0.111. The molecule has 0 N–H and O–H groups in total. The molecule has 0 bridgehead atoms. The van der Waals surface area contributed by atoms with Gasteiger partial charge in [-0.3, -0.25) is 9.59 Å². The van der Waals surface area contributed by atoms with Gasteiger partial charge in [0.15, 0.2) is 0 Å². The Bertz CT molecular complexity index is 914. The predicted molar refractivity (Wildman–Crippen MR) is 118 cm³/mol.